The fraction of sp³-hybridized carbons (Fsp3) is 1.00. The van der Waals surface area contributed by atoms with Crippen LogP contribution in [0.3, 0.4) is 0 Å². The molecule has 1 atom stereocenters. The summed E-state index contributed by atoms with van der Waals surface area (Å²) >= 11 is -2.41. The van der Waals surface area contributed by atoms with Gasteiger partial charge in [-0.15, -0.1) is 0 Å². The second kappa shape index (κ2) is 3.91. The molecule has 0 heterocycles. The zero-order valence-electron chi connectivity index (χ0n) is 4.27. The first-order valence-corrected chi connectivity index (χ1v) is 3.14. The maximum absolute atomic E-state index is 11.2. The van der Waals surface area contributed by atoms with Gasteiger partial charge in [0.1, 0.15) is 0 Å². The molecular weight excluding hydrogens is 138 g/mol. The van der Waals surface area contributed by atoms with Crippen molar-refractivity contribution in [2.75, 3.05) is 6.61 Å². The molecule has 0 amide bonds. The highest BCUT2D eigenvalue weighted by Gasteiger charge is 2.11. The summed E-state index contributed by atoms with van der Waals surface area (Å²) in [5.74, 6) is -2.88. The van der Waals surface area contributed by atoms with Crippen LogP contribution in [0.1, 0.15) is 6.92 Å². The molecule has 0 aromatic carbocycles. The Hall–Kier alpha value is -0.0300. The van der Waals surface area contributed by atoms with Gasteiger partial charge in [0.2, 0.25) is 11.1 Å². The first kappa shape index (κ1) is 7.97. The molecule has 1 unspecified atom stereocenters. The molecule has 0 bridgehead atoms. The highest BCUT2D eigenvalue weighted by atomic mass is 32.2. The van der Waals surface area contributed by atoms with Gasteiger partial charge in [-0.3, -0.25) is 4.18 Å². The van der Waals surface area contributed by atoms with Gasteiger partial charge in [0.15, 0.2) is 0 Å². The van der Waals surface area contributed by atoms with Crippen LogP contribution < -0.4 is 0 Å². The predicted octanol–water partition coefficient (Wildman–Crippen LogP) is 0.909. The van der Waals surface area contributed by atoms with E-state index in [9.17, 15) is 13.0 Å². The molecule has 0 aromatic heterocycles. The Morgan fingerprint density at radius 3 is 2.38 bits per heavy atom. The summed E-state index contributed by atoms with van der Waals surface area (Å²) in [6.45, 7) is 1.55. The molecule has 50 valence electrons. The number of hydrogen-bond donors (Lipinski definition) is 0. The van der Waals surface area contributed by atoms with Crippen molar-refractivity contribution >= 4 is 11.1 Å². The molecule has 8 heavy (non-hydrogen) atoms. The topological polar surface area (TPSA) is 26.3 Å². The lowest BCUT2D eigenvalue weighted by Gasteiger charge is -1.95. The lowest BCUT2D eigenvalue weighted by Crippen LogP contribution is -2.05. The summed E-state index contributed by atoms with van der Waals surface area (Å²) in [4.78, 5) is 0. The SMILES string of the molecule is CCOS(=O)C(F)F. The predicted molar refractivity (Wildman–Crippen MR) is 25.8 cm³/mol. The van der Waals surface area contributed by atoms with Gasteiger partial charge < -0.3 is 0 Å². The van der Waals surface area contributed by atoms with Crippen LogP contribution in [0.2, 0.25) is 0 Å². The lowest BCUT2D eigenvalue weighted by atomic mass is 10.9. The Labute approximate surface area is 48.5 Å². The minimum absolute atomic E-state index is 0.0525. The van der Waals surface area contributed by atoms with Crippen LogP contribution in [0.4, 0.5) is 8.78 Å². The maximum atomic E-state index is 11.2. The molecule has 0 N–H and O–H groups in total. The zero-order chi connectivity index (χ0) is 6.57. The summed E-state index contributed by atoms with van der Waals surface area (Å²) in [5, 5.41) is 0. The number of alkyl halides is 2. The molecule has 0 aliphatic rings. The average Bonchev–Trinajstić information content (AvgIpc) is 1.67. The Morgan fingerprint density at radius 1 is 1.75 bits per heavy atom. The van der Waals surface area contributed by atoms with Crippen LogP contribution in [0.15, 0.2) is 0 Å². The van der Waals surface area contributed by atoms with Gasteiger partial charge in [0, 0.05) is 0 Å². The van der Waals surface area contributed by atoms with Crippen LogP contribution in [-0.2, 0) is 15.3 Å². The Bertz CT molecular complexity index is 85.4. The van der Waals surface area contributed by atoms with E-state index in [2.05, 4.69) is 4.18 Å². The molecule has 0 saturated heterocycles. The largest absolute Gasteiger partial charge is 0.336 e. The van der Waals surface area contributed by atoms with Crippen molar-refractivity contribution in [1.82, 2.24) is 0 Å². The molecule has 0 rings (SSSR count). The number of halogens is 2. The maximum Gasteiger partial charge on any atom is 0.336 e. The first-order chi connectivity index (χ1) is 3.68. The third-order valence-electron chi connectivity index (χ3n) is 0.379. The summed E-state index contributed by atoms with van der Waals surface area (Å²) in [6.07, 6.45) is 0. The van der Waals surface area contributed by atoms with Crippen LogP contribution in [0, 0.1) is 0 Å². The van der Waals surface area contributed by atoms with E-state index >= 15 is 0 Å². The molecule has 0 fully saturated rings. The summed E-state index contributed by atoms with van der Waals surface area (Å²) in [5.41, 5.74) is 0. The van der Waals surface area contributed by atoms with E-state index in [1.165, 1.54) is 6.92 Å². The van der Waals surface area contributed by atoms with Gasteiger partial charge in [0.25, 0.3) is 0 Å². The first-order valence-electron chi connectivity index (χ1n) is 2.00. The Kier molecular flexibility index (Phi) is 3.90. The van der Waals surface area contributed by atoms with Gasteiger partial charge in [-0.1, -0.05) is 0 Å². The fourth-order valence-electron chi connectivity index (χ4n) is 0.168. The molecule has 0 aliphatic carbocycles. The van der Waals surface area contributed by atoms with Gasteiger partial charge in [-0.25, -0.2) is 4.21 Å². The van der Waals surface area contributed by atoms with Crippen molar-refractivity contribution in [3.05, 3.63) is 0 Å². The summed E-state index contributed by atoms with van der Waals surface area (Å²) in [6, 6.07) is 0. The smallest absolute Gasteiger partial charge is 0.286 e. The van der Waals surface area contributed by atoms with E-state index < -0.39 is 16.8 Å². The minimum atomic E-state index is -2.88. The third kappa shape index (κ3) is 3.04. The van der Waals surface area contributed by atoms with Crippen LogP contribution in [0.5, 0.6) is 0 Å². The van der Waals surface area contributed by atoms with E-state index in [4.69, 9.17) is 0 Å². The second-order valence-corrected chi connectivity index (χ2v) is 2.04. The standard InChI is InChI=1S/C3H6F2O2S/c1-2-7-8(6)3(4)5/h3H,2H2,1H3. The molecule has 5 heteroatoms. The highest BCUT2D eigenvalue weighted by molar-refractivity contribution is 7.80. The molecule has 0 saturated carbocycles. The van der Waals surface area contributed by atoms with E-state index in [1.54, 1.807) is 0 Å². The van der Waals surface area contributed by atoms with Crippen molar-refractivity contribution in [2.24, 2.45) is 0 Å². The minimum Gasteiger partial charge on any atom is -0.286 e. The molecule has 2 nitrogen and oxygen atoms in total. The Morgan fingerprint density at radius 2 is 2.25 bits per heavy atom. The zero-order valence-corrected chi connectivity index (χ0v) is 5.08. The third-order valence-corrected chi connectivity index (χ3v) is 1.14. The normalized spacial score (nSPS) is 14.5. The van der Waals surface area contributed by atoms with Crippen LogP contribution >= 0.6 is 0 Å². The van der Waals surface area contributed by atoms with Gasteiger partial charge in [-0.05, 0) is 6.92 Å². The van der Waals surface area contributed by atoms with Crippen molar-refractivity contribution in [1.29, 1.82) is 0 Å². The molecule has 0 spiro atoms. The fourth-order valence-corrected chi connectivity index (χ4v) is 0.503. The quantitative estimate of drug-likeness (QED) is 0.588. The molecular formula is C3H6F2O2S. The van der Waals surface area contributed by atoms with Crippen LogP contribution in [-0.4, -0.2) is 16.6 Å². The number of hydrogen-bond acceptors (Lipinski definition) is 2. The second-order valence-electron chi connectivity index (χ2n) is 0.928. The van der Waals surface area contributed by atoms with Gasteiger partial charge in [-0.2, -0.15) is 8.78 Å². The lowest BCUT2D eigenvalue weighted by molar-refractivity contribution is 0.217. The summed E-state index contributed by atoms with van der Waals surface area (Å²) in [7, 11) is 0. The van der Waals surface area contributed by atoms with E-state index in [-0.39, 0.29) is 6.61 Å². The van der Waals surface area contributed by atoms with E-state index in [0.29, 0.717) is 0 Å². The Balaban J connectivity index is 3.33. The van der Waals surface area contributed by atoms with E-state index in [1.807, 2.05) is 0 Å². The van der Waals surface area contributed by atoms with Gasteiger partial charge >= 0.3 is 5.76 Å². The molecule has 0 aromatic rings. The molecule has 0 aliphatic heterocycles. The molecule has 0 radical (unpaired) electrons. The van der Waals surface area contributed by atoms with Gasteiger partial charge in [0.05, 0.1) is 6.61 Å². The highest BCUT2D eigenvalue weighted by Crippen LogP contribution is 1.99. The summed E-state index contributed by atoms with van der Waals surface area (Å²) < 4.78 is 36.3. The van der Waals surface area contributed by atoms with Crippen molar-refractivity contribution in [2.45, 2.75) is 12.7 Å². The van der Waals surface area contributed by atoms with E-state index in [0.717, 1.165) is 0 Å². The van der Waals surface area contributed by atoms with Crippen LogP contribution in [0.25, 0.3) is 0 Å². The van der Waals surface area contributed by atoms with Crippen molar-refractivity contribution in [3.63, 3.8) is 0 Å². The van der Waals surface area contributed by atoms with Crippen molar-refractivity contribution in [3.8, 4) is 0 Å². The average molecular weight is 144 g/mol. The monoisotopic (exact) mass is 144 g/mol. The van der Waals surface area contributed by atoms with Crippen molar-refractivity contribution < 1.29 is 17.2 Å². The number of rotatable bonds is 3.